The lowest BCUT2D eigenvalue weighted by molar-refractivity contribution is -0.156. The van der Waals surface area contributed by atoms with Gasteiger partial charge < -0.3 is 14.0 Å². The van der Waals surface area contributed by atoms with Crippen molar-refractivity contribution in [2.24, 2.45) is 0 Å². The predicted molar refractivity (Wildman–Crippen MR) is 117 cm³/mol. The Balaban J connectivity index is 1.63. The van der Waals surface area contributed by atoms with Gasteiger partial charge in [-0.25, -0.2) is 0 Å². The Kier molecular flexibility index (Phi) is 6.01. The van der Waals surface area contributed by atoms with Gasteiger partial charge in [0.05, 0.1) is 17.7 Å². The Morgan fingerprint density at radius 2 is 1.69 bits per heavy atom. The van der Waals surface area contributed by atoms with Gasteiger partial charge in [0, 0.05) is 13.1 Å². The molecule has 0 spiro atoms. The van der Waals surface area contributed by atoms with Crippen molar-refractivity contribution in [2.75, 3.05) is 19.6 Å². The van der Waals surface area contributed by atoms with Crippen molar-refractivity contribution in [3.8, 4) is 0 Å². The van der Waals surface area contributed by atoms with Crippen molar-refractivity contribution in [3.05, 3.63) is 35.9 Å². The highest BCUT2D eigenvalue weighted by Crippen LogP contribution is 2.36. The van der Waals surface area contributed by atoms with Crippen LogP contribution in [-0.2, 0) is 18.8 Å². The molecule has 2 heterocycles. The molecule has 0 radical (unpaired) electrons. The highest BCUT2D eigenvalue weighted by molar-refractivity contribution is 6.62. The number of carbonyl (C=O) groups excluding carboxylic acids is 1. The van der Waals surface area contributed by atoms with Crippen LogP contribution in [0.15, 0.2) is 30.3 Å². The highest BCUT2D eigenvalue weighted by atomic mass is 16.7. The summed E-state index contributed by atoms with van der Waals surface area (Å²) in [4.78, 5) is 14.3. The fourth-order valence-corrected chi connectivity index (χ4v) is 3.54. The summed E-state index contributed by atoms with van der Waals surface area (Å²) in [6, 6.07) is 8.38. The van der Waals surface area contributed by atoms with Crippen LogP contribution >= 0.6 is 0 Å². The monoisotopic (exact) mass is 399 g/mol. The molecule has 1 aromatic carbocycles. The summed E-state index contributed by atoms with van der Waals surface area (Å²) in [6.07, 6.45) is 3.19. The Hall–Kier alpha value is -1.63. The molecule has 0 saturated carbocycles. The summed E-state index contributed by atoms with van der Waals surface area (Å²) in [7, 11) is -0.349. The van der Waals surface area contributed by atoms with Gasteiger partial charge in [0.25, 0.3) is 0 Å². The molecule has 2 aliphatic rings. The van der Waals surface area contributed by atoms with E-state index in [1.165, 1.54) is 11.1 Å². The van der Waals surface area contributed by atoms with Crippen LogP contribution in [0.25, 0.3) is 5.57 Å². The summed E-state index contributed by atoms with van der Waals surface area (Å²) in [6.45, 7) is 15.9. The van der Waals surface area contributed by atoms with Crippen LogP contribution in [0, 0.1) is 0 Å². The lowest BCUT2D eigenvalue weighted by Gasteiger charge is -2.32. The van der Waals surface area contributed by atoms with E-state index in [2.05, 4.69) is 62.9 Å². The number of benzene rings is 1. The summed E-state index contributed by atoms with van der Waals surface area (Å²) >= 11 is 0. The average molecular weight is 399 g/mol. The molecule has 1 aromatic rings. The SMILES string of the molecule is CC(C)(C)OC(=O)CN1CCC=C(c2ccc(B3OC(C)(C)C(C)(C)O3)cc2)C1. The van der Waals surface area contributed by atoms with E-state index in [1.807, 2.05) is 20.8 Å². The standard InChI is InChI=1S/C23H34BNO4/c1-21(2,3)27-20(26)16-25-14-8-9-18(15-25)17-10-12-19(13-11-17)24-28-22(4,5)23(6,7)29-24/h9-13H,8,14-16H2,1-7H3. The zero-order chi connectivity index (χ0) is 21.4. The Morgan fingerprint density at radius 3 is 2.24 bits per heavy atom. The van der Waals surface area contributed by atoms with Crippen LogP contribution in [0.5, 0.6) is 0 Å². The fraction of sp³-hybridized carbons (Fsp3) is 0.609. The molecule has 0 unspecified atom stereocenters. The third kappa shape index (κ3) is 5.30. The average Bonchev–Trinajstić information content (AvgIpc) is 2.81. The van der Waals surface area contributed by atoms with Gasteiger partial charge in [-0.15, -0.1) is 0 Å². The minimum Gasteiger partial charge on any atom is -0.459 e. The summed E-state index contributed by atoms with van der Waals surface area (Å²) in [5.74, 6) is -0.171. The van der Waals surface area contributed by atoms with Crippen LogP contribution < -0.4 is 5.46 Å². The number of nitrogens with zero attached hydrogens (tertiary/aromatic N) is 1. The number of hydrogen-bond donors (Lipinski definition) is 0. The quantitative estimate of drug-likeness (QED) is 0.574. The first-order valence-electron chi connectivity index (χ1n) is 10.5. The largest absolute Gasteiger partial charge is 0.494 e. The Labute approximate surface area is 175 Å². The molecule has 158 valence electrons. The lowest BCUT2D eigenvalue weighted by Crippen LogP contribution is -2.41. The van der Waals surface area contributed by atoms with Crippen molar-refractivity contribution in [1.29, 1.82) is 0 Å². The van der Waals surface area contributed by atoms with Gasteiger partial charge in [0.2, 0.25) is 0 Å². The van der Waals surface area contributed by atoms with Gasteiger partial charge in [0.1, 0.15) is 5.60 Å². The van der Waals surface area contributed by atoms with E-state index >= 15 is 0 Å². The van der Waals surface area contributed by atoms with E-state index in [4.69, 9.17) is 14.0 Å². The molecule has 0 bridgehead atoms. The fourth-order valence-electron chi connectivity index (χ4n) is 3.54. The molecule has 1 fully saturated rings. The molecular formula is C23H34BNO4. The Bertz CT molecular complexity index is 761. The maximum absolute atomic E-state index is 12.2. The minimum atomic E-state index is -0.450. The van der Waals surface area contributed by atoms with Crippen molar-refractivity contribution < 1.29 is 18.8 Å². The molecule has 3 rings (SSSR count). The molecule has 2 aliphatic heterocycles. The van der Waals surface area contributed by atoms with Crippen molar-refractivity contribution >= 4 is 24.1 Å². The first kappa shape index (κ1) is 22.1. The maximum atomic E-state index is 12.2. The van der Waals surface area contributed by atoms with Crippen LogP contribution in [0.1, 0.15) is 60.5 Å². The zero-order valence-corrected chi connectivity index (χ0v) is 18.9. The molecule has 6 heteroatoms. The normalized spacial score (nSPS) is 21.8. The second-order valence-corrected chi connectivity index (χ2v) is 10.0. The van der Waals surface area contributed by atoms with E-state index < -0.39 is 5.60 Å². The molecule has 1 saturated heterocycles. The second-order valence-electron chi connectivity index (χ2n) is 10.0. The van der Waals surface area contributed by atoms with E-state index in [9.17, 15) is 4.79 Å². The van der Waals surface area contributed by atoms with Crippen molar-refractivity contribution in [3.63, 3.8) is 0 Å². The first-order chi connectivity index (χ1) is 13.4. The van der Waals surface area contributed by atoms with Gasteiger partial charge in [0.15, 0.2) is 0 Å². The summed E-state index contributed by atoms with van der Waals surface area (Å²) in [5, 5.41) is 0. The molecule has 29 heavy (non-hydrogen) atoms. The first-order valence-corrected chi connectivity index (χ1v) is 10.5. The Morgan fingerprint density at radius 1 is 1.10 bits per heavy atom. The number of ether oxygens (including phenoxy) is 1. The van der Waals surface area contributed by atoms with Crippen LogP contribution in [0.2, 0.25) is 0 Å². The van der Waals surface area contributed by atoms with Gasteiger partial charge in [-0.3, -0.25) is 9.69 Å². The molecule has 0 atom stereocenters. The van der Waals surface area contributed by atoms with Crippen LogP contribution in [0.4, 0.5) is 0 Å². The number of esters is 1. The van der Waals surface area contributed by atoms with Gasteiger partial charge in [-0.05, 0) is 71.5 Å². The predicted octanol–water partition coefficient (Wildman–Crippen LogP) is 3.42. The smallest absolute Gasteiger partial charge is 0.459 e. The highest BCUT2D eigenvalue weighted by Gasteiger charge is 2.51. The minimum absolute atomic E-state index is 0.171. The molecule has 0 amide bonds. The maximum Gasteiger partial charge on any atom is 0.494 e. The molecular weight excluding hydrogens is 365 g/mol. The number of hydrogen-bond acceptors (Lipinski definition) is 5. The molecule has 0 aliphatic carbocycles. The zero-order valence-electron chi connectivity index (χ0n) is 18.9. The third-order valence-electron chi connectivity index (χ3n) is 5.81. The van der Waals surface area contributed by atoms with E-state index in [1.54, 1.807) is 0 Å². The number of carbonyl (C=O) groups is 1. The lowest BCUT2D eigenvalue weighted by atomic mass is 9.78. The van der Waals surface area contributed by atoms with E-state index in [-0.39, 0.29) is 24.3 Å². The van der Waals surface area contributed by atoms with Crippen LogP contribution in [0.3, 0.4) is 0 Å². The second kappa shape index (κ2) is 7.90. The van der Waals surface area contributed by atoms with Gasteiger partial charge >= 0.3 is 13.1 Å². The molecule has 0 N–H and O–H groups in total. The summed E-state index contributed by atoms with van der Waals surface area (Å²) < 4.78 is 17.7. The van der Waals surface area contributed by atoms with E-state index in [0.717, 1.165) is 25.0 Å². The molecule has 5 nitrogen and oxygen atoms in total. The van der Waals surface area contributed by atoms with E-state index in [0.29, 0.717) is 6.54 Å². The third-order valence-corrected chi connectivity index (χ3v) is 5.81. The van der Waals surface area contributed by atoms with Crippen molar-refractivity contribution in [2.45, 2.75) is 71.7 Å². The van der Waals surface area contributed by atoms with Crippen molar-refractivity contribution in [1.82, 2.24) is 4.90 Å². The topological polar surface area (TPSA) is 48.0 Å². The number of rotatable bonds is 4. The van der Waals surface area contributed by atoms with Crippen LogP contribution in [-0.4, -0.2) is 54.4 Å². The van der Waals surface area contributed by atoms with Gasteiger partial charge in [-0.2, -0.15) is 0 Å². The van der Waals surface area contributed by atoms with Gasteiger partial charge in [-0.1, -0.05) is 30.3 Å². The molecule has 0 aromatic heterocycles. The summed E-state index contributed by atoms with van der Waals surface area (Å²) in [5.41, 5.74) is 2.29.